The van der Waals surface area contributed by atoms with E-state index in [2.05, 4.69) is 12.2 Å². The Kier molecular flexibility index (Phi) is 5.63. The largest absolute Gasteiger partial charge is 0.481 e. The third kappa shape index (κ3) is 4.40. The Morgan fingerprint density at radius 3 is 2.63 bits per heavy atom. The molecular weight excluding hydrogens is 244 g/mol. The zero-order chi connectivity index (χ0) is 14.5. The molecule has 2 atom stereocenters. The maximum Gasteiger partial charge on any atom is 0.317 e. The molecule has 0 aromatic rings. The van der Waals surface area contributed by atoms with Crippen molar-refractivity contribution < 1.29 is 14.7 Å². The van der Waals surface area contributed by atoms with E-state index in [0.717, 1.165) is 12.8 Å². The molecule has 0 spiro atoms. The number of likely N-dealkylation sites (tertiary alicyclic amines) is 1. The van der Waals surface area contributed by atoms with Crippen LogP contribution in [0.1, 0.15) is 52.9 Å². The number of carbonyl (C=O) groups is 2. The van der Waals surface area contributed by atoms with Crippen LogP contribution < -0.4 is 5.32 Å². The van der Waals surface area contributed by atoms with Gasteiger partial charge in [-0.15, -0.1) is 0 Å². The van der Waals surface area contributed by atoms with Crippen LogP contribution in [0, 0.1) is 5.41 Å². The summed E-state index contributed by atoms with van der Waals surface area (Å²) in [6.45, 7) is 6.68. The van der Waals surface area contributed by atoms with Gasteiger partial charge in [-0.05, 0) is 26.7 Å². The minimum Gasteiger partial charge on any atom is -0.481 e. The highest BCUT2D eigenvalue weighted by Gasteiger charge is 2.42. The van der Waals surface area contributed by atoms with Gasteiger partial charge in [-0.25, -0.2) is 4.79 Å². The lowest BCUT2D eigenvalue weighted by atomic mass is 9.90. The second-order valence-electron chi connectivity index (χ2n) is 5.88. The Balaban J connectivity index is 2.37. The topological polar surface area (TPSA) is 69.6 Å². The van der Waals surface area contributed by atoms with Crippen molar-refractivity contribution in [1.82, 2.24) is 10.2 Å². The molecule has 0 aromatic carbocycles. The first-order valence-corrected chi connectivity index (χ1v) is 7.18. The van der Waals surface area contributed by atoms with Crippen molar-refractivity contribution in [3.8, 4) is 0 Å². The van der Waals surface area contributed by atoms with E-state index in [1.54, 1.807) is 11.8 Å². The van der Waals surface area contributed by atoms with Gasteiger partial charge in [-0.2, -0.15) is 0 Å². The Labute approximate surface area is 115 Å². The van der Waals surface area contributed by atoms with Crippen LogP contribution in [0.2, 0.25) is 0 Å². The van der Waals surface area contributed by atoms with E-state index in [-0.39, 0.29) is 12.1 Å². The highest BCUT2D eigenvalue weighted by Crippen LogP contribution is 2.30. The van der Waals surface area contributed by atoms with Gasteiger partial charge >= 0.3 is 12.0 Å². The van der Waals surface area contributed by atoms with Crippen molar-refractivity contribution in [2.24, 2.45) is 5.41 Å². The number of aliphatic carboxylic acids is 1. The van der Waals surface area contributed by atoms with Gasteiger partial charge in [-0.3, -0.25) is 4.79 Å². The maximum absolute atomic E-state index is 12.0. The second-order valence-corrected chi connectivity index (χ2v) is 5.88. The van der Waals surface area contributed by atoms with Crippen LogP contribution >= 0.6 is 0 Å². The van der Waals surface area contributed by atoms with Crippen LogP contribution in [-0.4, -0.2) is 41.1 Å². The van der Waals surface area contributed by atoms with E-state index in [1.807, 2.05) is 6.92 Å². The average molecular weight is 270 g/mol. The van der Waals surface area contributed by atoms with Crippen LogP contribution in [0.4, 0.5) is 4.79 Å². The fourth-order valence-electron chi connectivity index (χ4n) is 2.38. The van der Waals surface area contributed by atoms with Crippen molar-refractivity contribution in [2.75, 3.05) is 13.1 Å². The smallest absolute Gasteiger partial charge is 0.317 e. The summed E-state index contributed by atoms with van der Waals surface area (Å²) in [5.74, 6) is -0.821. The number of hydrogen-bond acceptors (Lipinski definition) is 2. The first-order valence-electron chi connectivity index (χ1n) is 7.18. The highest BCUT2D eigenvalue weighted by atomic mass is 16.4. The third-order valence-electron chi connectivity index (χ3n) is 3.89. The maximum atomic E-state index is 12.0. The van der Waals surface area contributed by atoms with Crippen molar-refractivity contribution >= 4 is 12.0 Å². The fourth-order valence-corrected chi connectivity index (χ4v) is 2.38. The van der Waals surface area contributed by atoms with E-state index in [9.17, 15) is 9.59 Å². The predicted molar refractivity (Wildman–Crippen MR) is 74.1 cm³/mol. The second kappa shape index (κ2) is 6.78. The van der Waals surface area contributed by atoms with Gasteiger partial charge in [0.05, 0.1) is 5.41 Å². The van der Waals surface area contributed by atoms with E-state index >= 15 is 0 Å². The van der Waals surface area contributed by atoms with E-state index in [0.29, 0.717) is 19.5 Å². The average Bonchev–Trinajstić information content (AvgIpc) is 2.74. The minimum absolute atomic E-state index is 0.131. The normalized spacial score (nSPS) is 24.3. The first-order chi connectivity index (χ1) is 8.89. The SMILES string of the molecule is CCCCCC(C)NC(=O)N1CCC(C)(C(=O)O)C1. The minimum atomic E-state index is -0.821. The van der Waals surface area contributed by atoms with Crippen LogP contribution in [0.3, 0.4) is 0 Å². The molecule has 2 amide bonds. The summed E-state index contributed by atoms with van der Waals surface area (Å²) in [6.07, 6.45) is 4.97. The van der Waals surface area contributed by atoms with Crippen molar-refractivity contribution in [2.45, 2.75) is 58.9 Å². The third-order valence-corrected chi connectivity index (χ3v) is 3.89. The molecule has 2 N–H and O–H groups in total. The Bertz CT molecular complexity index is 333. The molecule has 19 heavy (non-hydrogen) atoms. The molecule has 2 unspecified atom stereocenters. The van der Waals surface area contributed by atoms with Gasteiger partial charge in [0.15, 0.2) is 0 Å². The zero-order valence-electron chi connectivity index (χ0n) is 12.2. The molecule has 0 aliphatic carbocycles. The lowest BCUT2D eigenvalue weighted by Gasteiger charge is -2.22. The molecular formula is C14H26N2O3. The number of nitrogens with zero attached hydrogens (tertiary/aromatic N) is 1. The summed E-state index contributed by atoms with van der Waals surface area (Å²) >= 11 is 0. The lowest BCUT2D eigenvalue weighted by molar-refractivity contribution is -0.146. The molecule has 0 bridgehead atoms. The molecule has 1 heterocycles. The summed E-state index contributed by atoms with van der Waals surface area (Å²) in [5, 5.41) is 12.1. The number of urea groups is 1. The number of carboxylic acids is 1. The molecule has 1 saturated heterocycles. The Hall–Kier alpha value is -1.26. The van der Waals surface area contributed by atoms with E-state index < -0.39 is 11.4 Å². The van der Waals surface area contributed by atoms with Crippen LogP contribution in [-0.2, 0) is 4.79 Å². The van der Waals surface area contributed by atoms with Gasteiger partial charge in [0, 0.05) is 19.1 Å². The molecule has 5 heteroatoms. The lowest BCUT2D eigenvalue weighted by Crippen LogP contribution is -2.44. The summed E-state index contributed by atoms with van der Waals surface area (Å²) < 4.78 is 0. The van der Waals surface area contributed by atoms with E-state index in [4.69, 9.17) is 5.11 Å². The molecule has 0 saturated carbocycles. The predicted octanol–water partition coefficient (Wildman–Crippen LogP) is 2.46. The van der Waals surface area contributed by atoms with Gasteiger partial charge in [0.2, 0.25) is 0 Å². The summed E-state index contributed by atoms with van der Waals surface area (Å²) in [4.78, 5) is 24.8. The van der Waals surface area contributed by atoms with Gasteiger partial charge in [-0.1, -0.05) is 26.2 Å². The Morgan fingerprint density at radius 2 is 2.11 bits per heavy atom. The van der Waals surface area contributed by atoms with Crippen molar-refractivity contribution in [3.63, 3.8) is 0 Å². The first kappa shape index (κ1) is 15.8. The van der Waals surface area contributed by atoms with Crippen molar-refractivity contribution in [1.29, 1.82) is 0 Å². The van der Waals surface area contributed by atoms with Gasteiger partial charge < -0.3 is 15.3 Å². The quantitative estimate of drug-likeness (QED) is 0.728. The van der Waals surface area contributed by atoms with Crippen LogP contribution in [0.5, 0.6) is 0 Å². The molecule has 5 nitrogen and oxygen atoms in total. The number of rotatable bonds is 6. The number of hydrogen-bond donors (Lipinski definition) is 2. The molecule has 1 aliphatic rings. The summed E-state index contributed by atoms with van der Waals surface area (Å²) in [5.41, 5.74) is -0.789. The number of carboxylic acid groups (broad SMARTS) is 1. The monoisotopic (exact) mass is 270 g/mol. The van der Waals surface area contributed by atoms with Gasteiger partial charge in [0.1, 0.15) is 0 Å². The Morgan fingerprint density at radius 1 is 1.42 bits per heavy atom. The summed E-state index contributed by atoms with van der Waals surface area (Å²) in [6, 6.07) is 0.0182. The highest BCUT2D eigenvalue weighted by molar-refractivity contribution is 5.79. The zero-order valence-corrected chi connectivity index (χ0v) is 12.2. The standard InChI is InChI=1S/C14H26N2O3/c1-4-5-6-7-11(2)15-13(19)16-9-8-14(3,10-16)12(17)18/h11H,4-10H2,1-3H3,(H,15,19)(H,17,18). The fraction of sp³-hybridized carbons (Fsp3) is 0.857. The van der Waals surface area contributed by atoms with Gasteiger partial charge in [0.25, 0.3) is 0 Å². The number of carbonyl (C=O) groups excluding carboxylic acids is 1. The molecule has 110 valence electrons. The van der Waals surface area contributed by atoms with Crippen molar-refractivity contribution in [3.05, 3.63) is 0 Å². The van der Waals surface area contributed by atoms with Crippen LogP contribution in [0.25, 0.3) is 0 Å². The molecule has 0 radical (unpaired) electrons. The number of unbranched alkanes of at least 4 members (excludes halogenated alkanes) is 2. The summed E-state index contributed by atoms with van der Waals surface area (Å²) in [7, 11) is 0. The molecule has 1 fully saturated rings. The number of nitrogens with one attached hydrogen (secondary N) is 1. The molecule has 0 aromatic heterocycles. The van der Waals surface area contributed by atoms with Crippen LogP contribution in [0.15, 0.2) is 0 Å². The molecule has 1 rings (SSSR count). The number of amides is 2. The van der Waals surface area contributed by atoms with E-state index in [1.165, 1.54) is 12.8 Å². The molecule has 1 aliphatic heterocycles.